The maximum absolute atomic E-state index is 13.6. The topological polar surface area (TPSA) is 67.9 Å². The van der Waals surface area contributed by atoms with Crippen LogP contribution >= 0.6 is 0 Å². The number of hydrogen-bond acceptors (Lipinski definition) is 4. The first kappa shape index (κ1) is 26.8. The Morgan fingerprint density at radius 2 is 1.64 bits per heavy atom. The number of ether oxygens (including phenoxy) is 2. The van der Waals surface area contributed by atoms with E-state index in [1.165, 1.54) is 0 Å². The van der Waals surface area contributed by atoms with E-state index in [2.05, 4.69) is 12.2 Å². The molecule has 2 amide bonds. The summed E-state index contributed by atoms with van der Waals surface area (Å²) in [6.45, 7) is 4.71. The van der Waals surface area contributed by atoms with Crippen LogP contribution in [0, 0.1) is 6.92 Å². The summed E-state index contributed by atoms with van der Waals surface area (Å²) in [5, 5.41) is 3.03. The van der Waals surface area contributed by atoms with Crippen molar-refractivity contribution in [3.05, 3.63) is 95.6 Å². The zero-order chi connectivity index (χ0) is 25.8. The minimum atomic E-state index is -0.691. The molecular formula is C30H36N2O4. The number of carbonyl (C=O) groups is 2. The highest BCUT2D eigenvalue weighted by Gasteiger charge is 2.30. The third-order valence-corrected chi connectivity index (χ3v) is 5.94. The van der Waals surface area contributed by atoms with Gasteiger partial charge in [0, 0.05) is 19.5 Å². The summed E-state index contributed by atoms with van der Waals surface area (Å²) < 4.78 is 11.2. The summed E-state index contributed by atoms with van der Waals surface area (Å²) in [5.41, 5.74) is 2.90. The van der Waals surface area contributed by atoms with Crippen molar-refractivity contribution in [3.8, 4) is 11.5 Å². The van der Waals surface area contributed by atoms with Crippen LogP contribution in [0.2, 0.25) is 0 Å². The van der Waals surface area contributed by atoms with Gasteiger partial charge in [0.15, 0.2) is 6.61 Å². The van der Waals surface area contributed by atoms with Crippen molar-refractivity contribution in [2.75, 3.05) is 20.3 Å². The molecule has 1 atom stereocenters. The van der Waals surface area contributed by atoms with Gasteiger partial charge in [0.05, 0.1) is 7.11 Å². The highest BCUT2D eigenvalue weighted by molar-refractivity contribution is 5.88. The van der Waals surface area contributed by atoms with Gasteiger partial charge in [-0.05, 0) is 54.3 Å². The van der Waals surface area contributed by atoms with Crippen molar-refractivity contribution in [3.63, 3.8) is 0 Å². The zero-order valence-electron chi connectivity index (χ0n) is 21.4. The van der Waals surface area contributed by atoms with E-state index in [4.69, 9.17) is 9.47 Å². The van der Waals surface area contributed by atoms with Gasteiger partial charge >= 0.3 is 0 Å². The lowest BCUT2D eigenvalue weighted by molar-refractivity contribution is -0.142. The van der Waals surface area contributed by atoms with Crippen molar-refractivity contribution >= 4 is 11.8 Å². The second-order valence-corrected chi connectivity index (χ2v) is 8.83. The Balaban J connectivity index is 1.90. The number of benzene rings is 3. The Morgan fingerprint density at radius 1 is 0.917 bits per heavy atom. The Bertz CT molecular complexity index is 1120. The van der Waals surface area contributed by atoms with Gasteiger partial charge in [-0.15, -0.1) is 0 Å². The standard InChI is InChI=1S/C30H36N2O4/c1-4-5-17-31-30(34)28(20-24-12-7-6-8-13-24)32(21-25-14-10-15-26(19-25)35-3)29(33)22-36-27-16-9-11-23(2)18-27/h6-16,18-19,28H,4-5,17,20-22H2,1-3H3,(H,31,34)/t28-/m0/s1. The van der Waals surface area contributed by atoms with Crippen molar-refractivity contribution < 1.29 is 19.1 Å². The molecule has 0 aliphatic carbocycles. The number of methoxy groups -OCH3 is 1. The number of nitrogens with zero attached hydrogens (tertiary/aromatic N) is 1. The molecule has 1 N–H and O–H groups in total. The molecular weight excluding hydrogens is 452 g/mol. The molecule has 0 spiro atoms. The number of nitrogens with one attached hydrogen (secondary N) is 1. The van der Waals surface area contributed by atoms with E-state index < -0.39 is 6.04 Å². The van der Waals surface area contributed by atoms with Crippen LogP contribution in [0.4, 0.5) is 0 Å². The van der Waals surface area contributed by atoms with Gasteiger partial charge in [-0.2, -0.15) is 0 Å². The molecule has 0 aliphatic heterocycles. The maximum Gasteiger partial charge on any atom is 0.261 e. The lowest BCUT2D eigenvalue weighted by Gasteiger charge is -2.31. The fraction of sp³-hybridized carbons (Fsp3) is 0.333. The summed E-state index contributed by atoms with van der Waals surface area (Å²) in [6.07, 6.45) is 2.25. The van der Waals surface area contributed by atoms with Crippen LogP contribution in [0.25, 0.3) is 0 Å². The fourth-order valence-corrected chi connectivity index (χ4v) is 3.96. The Morgan fingerprint density at radius 3 is 2.36 bits per heavy atom. The predicted molar refractivity (Wildman–Crippen MR) is 142 cm³/mol. The monoisotopic (exact) mass is 488 g/mol. The molecule has 3 rings (SSSR count). The Hall–Kier alpha value is -3.80. The number of hydrogen-bond donors (Lipinski definition) is 1. The molecule has 0 heterocycles. The quantitative estimate of drug-likeness (QED) is 0.346. The van der Waals surface area contributed by atoms with E-state index in [1.54, 1.807) is 12.0 Å². The molecule has 190 valence electrons. The highest BCUT2D eigenvalue weighted by atomic mass is 16.5. The third-order valence-electron chi connectivity index (χ3n) is 5.94. The first-order valence-electron chi connectivity index (χ1n) is 12.4. The second kappa shape index (κ2) is 13.9. The zero-order valence-corrected chi connectivity index (χ0v) is 21.4. The molecule has 0 fully saturated rings. The highest BCUT2D eigenvalue weighted by Crippen LogP contribution is 2.19. The van der Waals surface area contributed by atoms with Gasteiger partial charge < -0.3 is 19.7 Å². The van der Waals surface area contributed by atoms with E-state index in [0.29, 0.717) is 24.5 Å². The van der Waals surface area contributed by atoms with Crippen LogP contribution in [0.3, 0.4) is 0 Å². The average Bonchev–Trinajstić information content (AvgIpc) is 2.90. The average molecular weight is 489 g/mol. The van der Waals surface area contributed by atoms with Gasteiger partial charge in [-0.25, -0.2) is 0 Å². The Labute approximate surface area is 214 Å². The van der Waals surface area contributed by atoms with Crippen LogP contribution in [-0.4, -0.2) is 43.0 Å². The molecule has 36 heavy (non-hydrogen) atoms. The summed E-state index contributed by atoms with van der Waals surface area (Å²) >= 11 is 0. The fourth-order valence-electron chi connectivity index (χ4n) is 3.96. The number of amides is 2. The van der Waals surface area contributed by atoms with E-state index in [-0.39, 0.29) is 25.0 Å². The summed E-state index contributed by atoms with van der Waals surface area (Å²) in [7, 11) is 1.61. The largest absolute Gasteiger partial charge is 0.497 e. The summed E-state index contributed by atoms with van der Waals surface area (Å²) in [5.74, 6) is 0.893. The molecule has 3 aromatic rings. The van der Waals surface area contributed by atoms with Crippen molar-refractivity contribution in [2.24, 2.45) is 0 Å². The number of rotatable bonds is 13. The minimum Gasteiger partial charge on any atom is -0.497 e. The summed E-state index contributed by atoms with van der Waals surface area (Å²) in [4.78, 5) is 28.7. The molecule has 0 unspecified atom stereocenters. The molecule has 6 nitrogen and oxygen atoms in total. The van der Waals surface area contributed by atoms with Crippen LogP contribution in [0.15, 0.2) is 78.9 Å². The second-order valence-electron chi connectivity index (χ2n) is 8.83. The van der Waals surface area contributed by atoms with Crippen molar-refractivity contribution in [1.29, 1.82) is 0 Å². The van der Waals surface area contributed by atoms with Crippen LogP contribution in [0.5, 0.6) is 11.5 Å². The molecule has 3 aromatic carbocycles. The smallest absolute Gasteiger partial charge is 0.261 e. The van der Waals surface area contributed by atoms with Crippen molar-refractivity contribution in [2.45, 2.75) is 45.7 Å². The SMILES string of the molecule is CCCCNC(=O)[C@H](Cc1ccccc1)N(Cc1cccc(OC)c1)C(=O)COc1cccc(C)c1. The van der Waals surface area contributed by atoms with E-state index in [9.17, 15) is 9.59 Å². The molecule has 0 aliphatic rings. The summed E-state index contributed by atoms with van der Waals surface area (Å²) in [6, 6.07) is 24.2. The minimum absolute atomic E-state index is 0.166. The van der Waals surface area contributed by atoms with Gasteiger partial charge in [-0.1, -0.05) is 67.9 Å². The molecule has 0 radical (unpaired) electrons. The third kappa shape index (κ3) is 8.15. The lowest BCUT2D eigenvalue weighted by Crippen LogP contribution is -2.51. The van der Waals surface area contributed by atoms with Gasteiger partial charge in [0.2, 0.25) is 5.91 Å². The van der Waals surface area contributed by atoms with Crippen LogP contribution in [0.1, 0.15) is 36.5 Å². The molecule has 0 aromatic heterocycles. The van der Waals surface area contributed by atoms with Gasteiger partial charge in [-0.3, -0.25) is 9.59 Å². The molecule has 0 saturated carbocycles. The van der Waals surface area contributed by atoms with Crippen LogP contribution < -0.4 is 14.8 Å². The first-order chi connectivity index (χ1) is 17.5. The lowest BCUT2D eigenvalue weighted by atomic mass is 10.0. The van der Waals surface area contributed by atoms with Crippen LogP contribution in [-0.2, 0) is 22.6 Å². The Kier molecular flexibility index (Phi) is 10.4. The molecule has 6 heteroatoms. The maximum atomic E-state index is 13.6. The number of aryl methyl sites for hydroxylation is 1. The number of carbonyl (C=O) groups excluding carboxylic acids is 2. The van der Waals surface area contributed by atoms with E-state index in [0.717, 1.165) is 29.5 Å². The van der Waals surface area contributed by atoms with Crippen molar-refractivity contribution in [1.82, 2.24) is 10.2 Å². The van der Waals surface area contributed by atoms with Gasteiger partial charge in [0.1, 0.15) is 17.5 Å². The van der Waals surface area contributed by atoms with E-state index >= 15 is 0 Å². The predicted octanol–water partition coefficient (Wildman–Crippen LogP) is 4.94. The molecule has 0 saturated heterocycles. The van der Waals surface area contributed by atoms with Gasteiger partial charge in [0.25, 0.3) is 5.91 Å². The molecule has 0 bridgehead atoms. The first-order valence-corrected chi connectivity index (χ1v) is 12.4. The van der Waals surface area contributed by atoms with E-state index in [1.807, 2.05) is 85.8 Å². The normalized spacial score (nSPS) is 11.4. The number of unbranched alkanes of at least 4 members (excludes halogenated alkanes) is 1.